The van der Waals surface area contributed by atoms with Gasteiger partial charge in [0.15, 0.2) is 0 Å². The number of carbonyl (C=O) groups excluding carboxylic acids is 3. The van der Waals surface area contributed by atoms with E-state index in [1.165, 1.54) is 7.11 Å². The Labute approximate surface area is 214 Å². The number of benzene rings is 1. The van der Waals surface area contributed by atoms with Gasteiger partial charge >= 0.3 is 5.97 Å². The third-order valence-electron chi connectivity index (χ3n) is 6.54. The Bertz CT molecular complexity index is 795. The maximum absolute atomic E-state index is 13.0. The van der Waals surface area contributed by atoms with Gasteiger partial charge in [-0.3, -0.25) is 14.5 Å². The first-order valence-electron chi connectivity index (χ1n) is 12.5. The molecule has 0 radical (unpaired) electrons. The Morgan fingerprint density at radius 3 is 2.63 bits per heavy atom. The highest BCUT2D eigenvalue weighted by Crippen LogP contribution is 2.14. The van der Waals surface area contributed by atoms with E-state index in [1.807, 2.05) is 24.5 Å². The zero-order valence-corrected chi connectivity index (χ0v) is 22.4. The molecular weight excluding hydrogens is 464 g/mol. The molecule has 196 valence electrons. The fourth-order valence-corrected chi connectivity index (χ4v) is 4.70. The summed E-state index contributed by atoms with van der Waals surface area (Å²) in [4.78, 5) is 38.9. The minimum Gasteiger partial charge on any atom is -0.467 e. The zero-order chi connectivity index (χ0) is 25.6. The standard InChI is InChI=1S/C26H42N4O4S/c1-5-19(2)23(27-15-21-11-12-24(31)28-21)17-30(16-20-9-7-6-8-10-20)18-25(32)29-22(13-14-35-4)26(33)34-3/h6-10,19,21-23,27H,5,11-18H2,1-4H3,(H,28,31)(H,29,32)/t19-,21?,22-,23+/m0/s1. The monoisotopic (exact) mass is 506 g/mol. The first kappa shape index (κ1) is 29.1. The number of amides is 2. The lowest BCUT2D eigenvalue weighted by Gasteiger charge is -2.32. The van der Waals surface area contributed by atoms with Crippen molar-refractivity contribution in [3.63, 3.8) is 0 Å². The molecule has 1 fully saturated rings. The largest absolute Gasteiger partial charge is 0.467 e. The van der Waals surface area contributed by atoms with E-state index in [1.54, 1.807) is 11.8 Å². The van der Waals surface area contributed by atoms with Crippen LogP contribution in [0.4, 0.5) is 0 Å². The van der Waals surface area contributed by atoms with Gasteiger partial charge in [0.2, 0.25) is 11.8 Å². The lowest BCUT2D eigenvalue weighted by atomic mass is 9.97. The second kappa shape index (κ2) is 15.8. The first-order chi connectivity index (χ1) is 16.9. The highest BCUT2D eigenvalue weighted by atomic mass is 32.2. The summed E-state index contributed by atoms with van der Waals surface area (Å²) in [7, 11) is 1.34. The van der Waals surface area contributed by atoms with Gasteiger partial charge in [-0.25, -0.2) is 4.79 Å². The van der Waals surface area contributed by atoms with Crippen LogP contribution in [0, 0.1) is 5.92 Å². The third kappa shape index (κ3) is 10.6. The van der Waals surface area contributed by atoms with E-state index in [2.05, 4.69) is 46.8 Å². The topological polar surface area (TPSA) is 99.8 Å². The van der Waals surface area contributed by atoms with Crippen molar-refractivity contribution in [3.05, 3.63) is 35.9 Å². The highest BCUT2D eigenvalue weighted by Gasteiger charge is 2.26. The van der Waals surface area contributed by atoms with E-state index in [9.17, 15) is 14.4 Å². The van der Waals surface area contributed by atoms with Crippen LogP contribution in [0.25, 0.3) is 0 Å². The molecule has 0 spiro atoms. The molecule has 1 aromatic rings. The Hall–Kier alpha value is -2.10. The molecule has 2 rings (SSSR count). The van der Waals surface area contributed by atoms with E-state index >= 15 is 0 Å². The van der Waals surface area contributed by atoms with Gasteiger partial charge in [-0.15, -0.1) is 0 Å². The molecule has 35 heavy (non-hydrogen) atoms. The number of methoxy groups -OCH3 is 1. The van der Waals surface area contributed by atoms with Crippen molar-refractivity contribution in [1.82, 2.24) is 20.9 Å². The number of esters is 1. The lowest BCUT2D eigenvalue weighted by Crippen LogP contribution is -2.51. The summed E-state index contributed by atoms with van der Waals surface area (Å²) in [6, 6.07) is 9.74. The fourth-order valence-electron chi connectivity index (χ4n) is 4.23. The number of nitrogens with zero attached hydrogens (tertiary/aromatic N) is 1. The Morgan fingerprint density at radius 2 is 2.03 bits per heavy atom. The molecular formula is C26H42N4O4S. The van der Waals surface area contributed by atoms with Crippen LogP contribution < -0.4 is 16.0 Å². The van der Waals surface area contributed by atoms with Gasteiger partial charge in [0.25, 0.3) is 0 Å². The lowest BCUT2D eigenvalue weighted by molar-refractivity contribution is -0.145. The average Bonchev–Trinajstić information content (AvgIpc) is 3.28. The van der Waals surface area contributed by atoms with Crippen molar-refractivity contribution >= 4 is 29.5 Å². The molecule has 0 saturated carbocycles. The van der Waals surface area contributed by atoms with E-state index in [-0.39, 0.29) is 30.4 Å². The van der Waals surface area contributed by atoms with Gasteiger partial charge in [0, 0.05) is 38.1 Å². The number of carbonyl (C=O) groups is 3. The molecule has 0 bridgehead atoms. The van der Waals surface area contributed by atoms with E-state index in [4.69, 9.17) is 4.74 Å². The van der Waals surface area contributed by atoms with E-state index < -0.39 is 12.0 Å². The zero-order valence-electron chi connectivity index (χ0n) is 21.5. The van der Waals surface area contributed by atoms with Gasteiger partial charge in [-0.05, 0) is 36.3 Å². The van der Waals surface area contributed by atoms with E-state index in [0.29, 0.717) is 38.4 Å². The van der Waals surface area contributed by atoms with Gasteiger partial charge < -0.3 is 20.7 Å². The van der Waals surface area contributed by atoms with Crippen molar-refractivity contribution < 1.29 is 19.1 Å². The maximum atomic E-state index is 13.0. The molecule has 1 aromatic carbocycles. The molecule has 9 heteroatoms. The third-order valence-corrected chi connectivity index (χ3v) is 7.19. The molecule has 8 nitrogen and oxygen atoms in total. The van der Waals surface area contributed by atoms with E-state index in [0.717, 1.165) is 24.2 Å². The van der Waals surface area contributed by atoms with Crippen LogP contribution in [-0.2, 0) is 25.7 Å². The Balaban J connectivity index is 2.09. The second-order valence-corrected chi connectivity index (χ2v) is 10.3. The summed E-state index contributed by atoms with van der Waals surface area (Å²) < 4.78 is 4.89. The summed E-state index contributed by atoms with van der Waals surface area (Å²) in [6.07, 6.45) is 4.93. The first-order valence-corrected chi connectivity index (χ1v) is 13.9. The number of nitrogens with one attached hydrogen (secondary N) is 3. The van der Waals surface area contributed by atoms with Gasteiger partial charge in [-0.1, -0.05) is 50.6 Å². The number of thioether (sulfide) groups is 1. The van der Waals surface area contributed by atoms with Crippen LogP contribution in [0.5, 0.6) is 0 Å². The Kier molecular flexibility index (Phi) is 13.2. The number of hydrogen-bond donors (Lipinski definition) is 3. The second-order valence-electron chi connectivity index (χ2n) is 9.28. The summed E-state index contributed by atoms with van der Waals surface area (Å²) in [6.45, 7) is 6.56. The number of hydrogen-bond acceptors (Lipinski definition) is 7. The highest BCUT2D eigenvalue weighted by molar-refractivity contribution is 7.98. The van der Waals surface area contributed by atoms with Crippen LogP contribution in [0.15, 0.2) is 30.3 Å². The average molecular weight is 507 g/mol. The molecule has 1 heterocycles. The molecule has 2 amide bonds. The fraction of sp³-hybridized carbons (Fsp3) is 0.654. The van der Waals surface area contributed by atoms with Crippen molar-refractivity contribution in [2.24, 2.45) is 5.92 Å². The number of rotatable bonds is 16. The summed E-state index contributed by atoms with van der Waals surface area (Å²) >= 11 is 1.63. The number of ether oxygens (including phenoxy) is 1. The van der Waals surface area contributed by atoms with Crippen molar-refractivity contribution in [3.8, 4) is 0 Å². The predicted octanol–water partition coefficient (Wildman–Crippen LogP) is 2.18. The molecule has 0 aliphatic carbocycles. The SMILES string of the molecule is CC[C@H](C)[C@@H](CN(CC(=O)N[C@@H](CCSC)C(=O)OC)Cc1ccccc1)NCC1CCC(=O)N1. The smallest absolute Gasteiger partial charge is 0.328 e. The van der Waals surface area contributed by atoms with Gasteiger partial charge in [-0.2, -0.15) is 11.8 Å². The molecule has 1 saturated heterocycles. The summed E-state index contributed by atoms with van der Waals surface area (Å²) in [5, 5.41) is 9.56. The van der Waals surface area contributed by atoms with Crippen LogP contribution in [0.3, 0.4) is 0 Å². The molecule has 3 N–H and O–H groups in total. The summed E-state index contributed by atoms with van der Waals surface area (Å²) in [5.41, 5.74) is 1.12. The molecule has 1 unspecified atom stereocenters. The van der Waals surface area contributed by atoms with Crippen molar-refractivity contribution in [2.45, 2.75) is 64.2 Å². The van der Waals surface area contributed by atoms with Crippen LogP contribution in [-0.4, -0.2) is 79.6 Å². The Morgan fingerprint density at radius 1 is 1.29 bits per heavy atom. The summed E-state index contributed by atoms with van der Waals surface area (Å²) in [5.74, 6) is 0.646. The van der Waals surface area contributed by atoms with Crippen molar-refractivity contribution in [2.75, 3.05) is 38.8 Å². The molecule has 1 aliphatic rings. The van der Waals surface area contributed by atoms with Crippen molar-refractivity contribution in [1.29, 1.82) is 0 Å². The quantitative estimate of drug-likeness (QED) is 0.296. The maximum Gasteiger partial charge on any atom is 0.328 e. The van der Waals surface area contributed by atoms with Gasteiger partial charge in [0.1, 0.15) is 6.04 Å². The minimum absolute atomic E-state index is 0.112. The predicted molar refractivity (Wildman–Crippen MR) is 141 cm³/mol. The van der Waals surface area contributed by atoms with Crippen LogP contribution >= 0.6 is 11.8 Å². The molecule has 4 atom stereocenters. The van der Waals surface area contributed by atoms with Crippen LogP contribution in [0.1, 0.15) is 45.1 Å². The molecule has 0 aromatic heterocycles. The van der Waals surface area contributed by atoms with Crippen LogP contribution in [0.2, 0.25) is 0 Å². The minimum atomic E-state index is -0.645. The normalized spacial score (nSPS) is 18.1. The molecule has 1 aliphatic heterocycles. The van der Waals surface area contributed by atoms with Gasteiger partial charge in [0.05, 0.1) is 13.7 Å².